The van der Waals surface area contributed by atoms with Crippen molar-refractivity contribution in [2.45, 2.75) is 32.1 Å². The van der Waals surface area contributed by atoms with Gasteiger partial charge >= 0.3 is 5.97 Å². The fourth-order valence-corrected chi connectivity index (χ4v) is 3.48. The van der Waals surface area contributed by atoms with Crippen molar-refractivity contribution in [2.24, 2.45) is 11.8 Å². The maximum absolute atomic E-state index is 12.3. The molecule has 1 saturated heterocycles. The van der Waals surface area contributed by atoms with Crippen LogP contribution in [0.3, 0.4) is 0 Å². The molecule has 2 amide bonds. The number of nitriles is 1. The number of carbonyl (C=O) groups is 3. The number of ether oxygens (including phenoxy) is 1. The summed E-state index contributed by atoms with van der Waals surface area (Å²) in [5.74, 6) is -1.10. The summed E-state index contributed by atoms with van der Waals surface area (Å²) in [6, 6.07) is 8.39. The molecule has 1 aliphatic carbocycles. The number of imide groups is 1. The first-order valence-electron chi connectivity index (χ1n) is 8.17. The van der Waals surface area contributed by atoms with Crippen LogP contribution in [0.1, 0.15) is 37.7 Å². The molecule has 1 aliphatic heterocycles. The largest absolute Gasteiger partial charge is 0.425 e. The quantitative estimate of drug-likeness (QED) is 0.480. The van der Waals surface area contributed by atoms with Crippen LogP contribution < -0.4 is 4.74 Å². The number of benzene rings is 1. The summed E-state index contributed by atoms with van der Waals surface area (Å²) in [6.07, 6.45) is 3.39. The van der Waals surface area contributed by atoms with E-state index in [-0.39, 0.29) is 47.9 Å². The normalized spacial score (nSPS) is 22.9. The summed E-state index contributed by atoms with van der Waals surface area (Å²) < 4.78 is 5.17. The Bertz CT molecular complexity index is 698. The number of para-hydroxylation sites is 1. The van der Waals surface area contributed by atoms with E-state index >= 15 is 0 Å². The number of amides is 2. The highest BCUT2D eigenvalue weighted by atomic mass is 16.5. The summed E-state index contributed by atoms with van der Waals surface area (Å²) in [6.45, 7) is 0.0399. The molecule has 1 heterocycles. The molecule has 0 unspecified atom stereocenters. The molecule has 1 saturated carbocycles. The zero-order chi connectivity index (χ0) is 17.1. The van der Waals surface area contributed by atoms with Crippen molar-refractivity contribution < 1.29 is 19.1 Å². The van der Waals surface area contributed by atoms with Crippen molar-refractivity contribution in [1.29, 1.82) is 5.26 Å². The second-order valence-corrected chi connectivity index (χ2v) is 6.16. The molecule has 1 aromatic rings. The summed E-state index contributed by atoms with van der Waals surface area (Å²) in [5, 5.41) is 8.98. The highest BCUT2D eigenvalue weighted by Gasteiger charge is 2.47. The molecule has 0 bridgehead atoms. The predicted octanol–water partition coefficient (Wildman–Crippen LogP) is 2.03. The Morgan fingerprint density at radius 3 is 2.42 bits per heavy atom. The van der Waals surface area contributed by atoms with E-state index in [4.69, 9.17) is 10.00 Å². The molecule has 24 heavy (non-hydrogen) atoms. The SMILES string of the molecule is N#Cc1ccccc1OC(=O)CCN1C(=O)[C@H]2CCCC[C@H]2C1=O. The number of rotatable bonds is 4. The van der Waals surface area contributed by atoms with Crippen molar-refractivity contribution in [1.82, 2.24) is 4.90 Å². The Labute approximate surface area is 140 Å². The average molecular weight is 326 g/mol. The highest BCUT2D eigenvalue weighted by molar-refractivity contribution is 6.05. The number of carbonyl (C=O) groups excluding carboxylic acids is 3. The van der Waals surface area contributed by atoms with Crippen LogP contribution in [0.4, 0.5) is 0 Å². The molecular weight excluding hydrogens is 308 g/mol. The van der Waals surface area contributed by atoms with Gasteiger partial charge in [-0.1, -0.05) is 25.0 Å². The van der Waals surface area contributed by atoms with E-state index in [0.717, 1.165) is 25.7 Å². The van der Waals surface area contributed by atoms with Gasteiger partial charge in [-0.05, 0) is 25.0 Å². The maximum atomic E-state index is 12.3. The Morgan fingerprint density at radius 1 is 1.17 bits per heavy atom. The zero-order valence-electron chi connectivity index (χ0n) is 13.2. The molecule has 0 N–H and O–H groups in total. The van der Waals surface area contributed by atoms with Gasteiger partial charge in [0.1, 0.15) is 11.8 Å². The fourth-order valence-electron chi connectivity index (χ4n) is 3.48. The van der Waals surface area contributed by atoms with E-state index in [0.29, 0.717) is 0 Å². The smallest absolute Gasteiger partial charge is 0.313 e. The topological polar surface area (TPSA) is 87.5 Å². The van der Waals surface area contributed by atoms with Crippen LogP contribution in [-0.2, 0) is 14.4 Å². The monoisotopic (exact) mass is 326 g/mol. The number of fused-ring (bicyclic) bond motifs is 1. The fraction of sp³-hybridized carbons (Fsp3) is 0.444. The number of esters is 1. The number of likely N-dealkylation sites (tertiary alicyclic amines) is 1. The standard InChI is InChI=1S/C18H18N2O4/c19-11-12-5-1-4-8-15(12)24-16(21)9-10-20-17(22)13-6-2-3-7-14(13)18(20)23/h1,4-5,8,13-14H,2-3,6-7,9-10H2/t13-,14+. The predicted molar refractivity (Wildman–Crippen MR) is 83.6 cm³/mol. The lowest BCUT2D eigenvalue weighted by Gasteiger charge is -2.19. The average Bonchev–Trinajstić information content (AvgIpc) is 2.85. The van der Waals surface area contributed by atoms with E-state index in [2.05, 4.69) is 0 Å². The van der Waals surface area contributed by atoms with Crippen molar-refractivity contribution in [2.75, 3.05) is 6.54 Å². The Kier molecular flexibility index (Phi) is 4.61. The third-order valence-electron chi connectivity index (χ3n) is 4.70. The minimum atomic E-state index is -0.562. The van der Waals surface area contributed by atoms with Crippen molar-refractivity contribution in [3.05, 3.63) is 29.8 Å². The molecule has 2 fully saturated rings. The summed E-state index contributed by atoms with van der Waals surface area (Å²) in [4.78, 5) is 37.9. The van der Waals surface area contributed by atoms with Crippen LogP contribution in [0, 0.1) is 23.2 Å². The van der Waals surface area contributed by atoms with E-state index in [1.165, 1.54) is 11.0 Å². The number of hydrogen-bond donors (Lipinski definition) is 0. The molecule has 3 rings (SSSR count). The van der Waals surface area contributed by atoms with Gasteiger partial charge in [-0.15, -0.1) is 0 Å². The van der Waals surface area contributed by atoms with Crippen molar-refractivity contribution in [3.63, 3.8) is 0 Å². The van der Waals surface area contributed by atoms with Gasteiger partial charge in [-0.25, -0.2) is 0 Å². The van der Waals surface area contributed by atoms with E-state index < -0.39 is 5.97 Å². The molecule has 2 aliphatic rings. The van der Waals surface area contributed by atoms with Crippen molar-refractivity contribution in [3.8, 4) is 11.8 Å². The van der Waals surface area contributed by atoms with E-state index in [1.807, 2.05) is 6.07 Å². The van der Waals surface area contributed by atoms with E-state index in [9.17, 15) is 14.4 Å². The van der Waals surface area contributed by atoms with Gasteiger partial charge in [0.15, 0.2) is 0 Å². The molecule has 0 radical (unpaired) electrons. The first-order valence-corrected chi connectivity index (χ1v) is 8.17. The molecule has 1 aromatic carbocycles. The summed E-state index contributed by atoms with van der Waals surface area (Å²) >= 11 is 0. The molecule has 124 valence electrons. The second kappa shape index (κ2) is 6.83. The van der Waals surface area contributed by atoms with Crippen molar-refractivity contribution >= 4 is 17.8 Å². The van der Waals surface area contributed by atoms with Crippen LogP contribution in [0.2, 0.25) is 0 Å². The van der Waals surface area contributed by atoms with Crippen LogP contribution in [0.25, 0.3) is 0 Å². The first-order chi connectivity index (χ1) is 11.6. The Hall–Kier alpha value is -2.68. The maximum Gasteiger partial charge on any atom is 0.313 e. The van der Waals surface area contributed by atoms with Gasteiger partial charge in [0.25, 0.3) is 0 Å². The van der Waals surface area contributed by atoms with Gasteiger partial charge in [0.05, 0.1) is 23.8 Å². The molecule has 0 spiro atoms. The minimum absolute atomic E-state index is 0.0399. The Balaban J connectivity index is 1.59. The highest BCUT2D eigenvalue weighted by Crippen LogP contribution is 2.38. The third kappa shape index (κ3) is 3.02. The van der Waals surface area contributed by atoms with Crippen LogP contribution in [0.15, 0.2) is 24.3 Å². The van der Waals surface area contributed by atoms with Gasteiger partial charge < -0.3 is 4.74 Å². The lowest BCUT2D eigenvalue weighted by molar-refractivity contribution is -0.141. The Morgan fingerprint density at radius 2 is 1.79 bits per heavy atom. The van der Waals surface area contributed by atoms with Crippen LogP contribution in [-0.4, -0.2) is 29.2 Å². The molecular formula is C18H18N2O4. The molecule has 2 atom stereocenters. The third-order valence-corrected chi connectivity index (χ3v) is 4.70. The summed E-state index contributed by atoms with van der Waals surface area (Å²) in [5.41, 5.74) is 0.269. The minimum Gasteiger partial charge on any atom is -0.425 e. The molecule has 0 aromatic heterocycles. The number of hydrogen-bond acceptors (Lipinski definition) is 5. The molecule has 6 nitrogen and oxygen atoms in total. The first kappa shape index (κ1) is 16.2. The van der Waals surface area contributed by atoms with Gasteiger partial charge in [-0.2, -0.15) is 5.26 Å². The van der Waals surface area contributed by atoms with Gasteiger partial charge in [0.2, 0.25) is 11.8 Å². The lowest BCUT2D eigenvalue weighted by Crippen LogP contribution is -2.33. The van der Waals surface area contributed by atoms with Crippen LogP contribution >= 0.6 is 0 Å². The number of nitrogens with zero attached hydrogens (tertiary/aromatic N) is 2. The molecule has 6 heteroatoms. The van der Waals surface area contributed by atoms with E-state index in [1.54, 1.807) is 18.2 Å². The second-order valence-electron chi connectivity index (χ2n) is 6.16. The lowest BCUT2D eigenvalue weighted by atomic mass is 9.81. The zero-order valence-corrected chi connectivity index (χ0v) is 13.2. The summed E-state index contributed by atoms with van der Waals surface area (Å²) in [7, 11) is 0. The van der Waals surface area contributed by atoms with Gasteiger partial charge in [0, 0.05) is 6.54 Å². The van der Waals surface area contributed by atoms with Gasteiger partial charge in [-0.3, -0.25) is 19.3 Å². The van der Waals surface area contributed by atoms with Crippen LogP contribution in [0.5, 0.6) is 5.75 Å².